The van der Waals surface area contributed by atoms with Crippen molar-refractivity contribution in [1.82, 2.24) is 9.13 Å². The van der Waals surface area contributed by atoms with E-state index in [1.54, 1.807) is 0 Å². The van der Waals surface area contributed by atoms with Crippen molar-refractivity contribution in [2.45, 2.75) is 72.4 Å². The number of rotatable bonds is 5. The number of aromatic hydroxyl groups is 1. The molecule has 6 heteroatoms. The number of ketones is 1. The van der Waals surface area contributed by atoms with Gasteiger partial charge in [0.25, 0.3) is 0 Å². The molecule has 3 rings (SSSR count). The monoisotopic (exact) mass is 511 g/mol. The Bertz CT molecular complexity index is 1190. The Morgan fingerprint density at radius 2 is 1.55 bits per heavy atom. The highest BCUT2D eigenvalue weighted by molar-refractivity contribution is 9.08. The van der Waals surface area contributed by atoms with Crippen LogP contribution in [0.4, 0.5) is 0 Å². The number of benzene rings is 2. The minimum Gasteiger partial charge on any atom is -0.507 e. The Hall–Kier alpha value is -2.60. The first-order valence-electron chi connectivity index (χ1n) is 11.2. The van der Waals surface area contributed by atoms with Gasteiger partial charge in [0.1, 0.15) is 5.75 Å². The van der Waals surface area contributed by atoms with Crippen molar-refractivity contribution in [1.29, 1.82) is 0 Å². The largest absolute Gasteiger partial charge is 0.507 e. The lowest BCUT2D eigenvalue weighted by Gasteiger charge is -2.28. The Labute approximate surface area is 205 Å². The van der Waals surface area contributed by atoms with Gasteiger partial charge in [-0.2, -0.15) is 4.02 Å². The van der Waals surface area contributed by atoms with Crippen LogP contribution in [0.1, 0.15) is 74.3 Å². The van der Waals surface area contributed by atoms with Crippen LogP contribution in [0.5, 0.6) is 5.75 Å². The quantitative estimate of drug-likeness (QED) is 0.424. The van der Waals surface area contributed by atoms with Gasteiger partial charge in [-0.15, -0.1) is 0 Å². The molecule has 2 aromatic carbocycles. The Morgan fingerprint density at radius 3 is 2.03 bits per heavy atom. The van der Waals surface area contributed by atoms with Crippen molar-refractivity contribution >= 4 is 21.9 Å². The van der Waals surface area contributed by atoms with Gasteiger partial charge in [-0.1, -0.05) is 71.9 Å². The van der Waals surface area contributed by atoms with E-state index in [4.69, 9.17) is 0 Å². The number of Topliss-reactive ketones (excluding diaryl/α,β-unsaturated/α-hetero) is 1. The van der Waals surface area contributed by atoms with Gasteiger partial charge in [-0.3, -0.25) is 4.79 Å². The van der Waals surface area contributed by atoms with Crippen LogP contribution in [0.25, 0.3) is 0 Å². The minimum atomic E-state index is -0.293. The number of phenolic OH excluding ortho intramolecular Hbond substituents is 1. The highest BCUT2D eigenvalue weighted by Crippen LogP contribution is 2.39. The Balaban J connectivity index is 2.03. The number of phenols is 1. The minimum absolute atomic E-state index is 0.0195. The van der Waals surface area contributed by atoms with Crippen LogP contribution < -0.4 is 5.62 Å². The summed E-state index contributed by atoms with van der Waals surface area (Å²) in [6, 6.07) is 13.8. The van der Waals surface area contributed by atoms with E-state index in [2.05, 4.69) is 32.3 Å². The standard InChI is InChI=1S/C27H34BrN3O2/c1-18-15-30(16-19-11-9-8-10-12-19)25(29-28)31(18)17-23(32)20-13-21(26(2,3)4)24(33)22(14-20)27(5,6)7/h8-15,33H,16-17H2,1-7H3/b29-25-. The maximum Gasteiger partial charge on any atom is 0.217 e. The lowest BCUT2D eigenvalue weighted by atomic mass is 9.78. The van der Waals surface area contributed by atoms with E-state index in [1.807, 2.05) is 94.1 Å². The molecule has 0 fully saturated rings. The first kappa shape index (κ1) is 25.0. The molecule has 0 saturated heterocycles. The first-order valence-corrected chi connectivity index (χ1v) is 11.9. The number of aromatic nitrogens is 2. The number of hydrogen-bond acceptors (Lipinski definition) is 3. The Kier molecular flexibility index (Phi) is 7.08. The van der Waals surface area contributed by atoms with Gasteiger partial charge in [0.15, 0.2) is 5.78 Å². The number of carbonyl (C=O) groups is 1. The van der Waals surface area contributed by atoms with Gasteiger partial charge in [-0.05, 0) is 35.4 Å². The molecule has 1 heterocycles. The number of hydrogen-bond donors (Lipinski definition) is 1. The second-order valence-electron chi connectivity index (χ2n) is 10.7. The van der Waals surface area contributed by atoms with Gasteiger partial charge in [0, 0.05) is 28.6 Å². The number of carbonyl (C=O) groups excluding carboxylic acids is 1. The predicted octanol–water partition coefficient (Wildman–Crippen LogP) is 6.04. The summed E-state index contributed by atoms with van der Waals surface area (Å²) in [5, 5.41) is 11.0. The van der Waals surface area contributed by atoms with Gasteiger partial charge >= 0.3 is 0 Å². The van der Waals surface area contributed by atoms with Gasteiger partial charge < -0.3 is 14.2 Å². The van der Waals surface area contributed by atoms with Crippen LogP contribution in [-0.2, 0) is 23.9 Å². The fourth-order valence-corrected chi connectivity index (χ4v) is 4.42. The van der Waals surface area contributed by atoms with Crippen LogP contribution in [0.2, 0.25) is 0 Å². The van der Waals surface area contributed by atoms with E-state index in [9.17, 15) is 9.90 Å². The van der Waals surface area contributed by atoms with Gasteiger partial charge in [0.2, 0.25) is 5.62 Å². The summed E-state index contributed by atoms with van der Waals surface area (Å²) < 4.78 is 8.26. The van der Waals surface area contributed by atoms with Crippen LogP contribution >= 0.6 is 16.1 Å². The van der Waals surface area contributed by atoms with E-state index in [1.165, 1.54) is 0 Å². The molecule has 0 aliphatic heterocycles. The molecule has 0 atom stereocenters. The van der Waals surface area contributed by atoms with Crippen LogP contribution in [0, 0.1) is 6.92 Å². The average Bonchev–Trinajstić information content (AvgIpc) is 3.00. The van der Waals surface area contributed by atoms with Crippen molar-refractivity contribution in [2.75, 3.05) is 0 Å². The fraction of sp³-hybridized carbons (Fsp3) is 0.407. The van der Waals surface area contributed by atoms with Gasteiger partial charge in [-0.25, -0.2) is 0 Å². The summed E-state index contributed by atoms with van der Waals surface area (Å²) in [6.45, 7) is 15.1. The van der Waals surface area contributed by atoms with Crippen molar-refractivity contribution in [3.05, 3.63) is 82.2 Å². The number of imidazole rings is 1. The molecule has 33 heavy (non-hydrogen) atoms. The summed E-state index contributed by atoms with van der Waals surface area (Å²) in [5.41, 5.74) is 4.37. The molecule has 0 spiro atoms. The molecule has 0 aliphatic rings. The third kappa shape index (κ3) is 5.49. The topological polar surface area (TPSA) is 59.5 Å². The van der Waals surface area contributed by atoms with Crippen molar-refractivity contribution in [3.8, 4) is 5.75 Å². The van der Waals surface area contributed by atoms with E-state index in [0.29, 0.717) is 17.7 Å². The van der Waals surface area contributed by atoms with Gasteiger partial charge in [0.05, 0.1) is 29.2 Å². The normalized spacial score (nSPS) is 12.9. The van der Waals surface area contributed by atoms with Crippen LogP contribution in [0.15, 0.2) is 52.7 Å². The molecular formula is C27H34BrN3O2. The summed E-state index contributed by atoms with van der Waals surface area (Å²) in [6.07, 6.45) is 2.01. The molecule has 0 saturated carbocycles. The maximum absolute atomic E-state index is 13.5. The lowest BCUT2D eigenvalue weighted by molar-refractivity contribution is 0.0969. The maximum atomic E-state index is 13.5. The molecule has 0 bridgehead atoms. The van der Waals surface area contributed by atoms with Crippen molar-refractivity contribution in [2.24, 2.45) is 4.02 Å². The molecule has 0 radical (unpaired) electrons. The molecular weight excluding hydrogens is 478 g/mol. The summed E-state index contributed by atoms with van der Waals surface area (Å²) in [5.74, 6) is 0.259. The molecule has 1 aromatic heterocycles. The molecule has 0 aliphatic carbocycles. The summed E-state index contributed by atoms with van der Waals surface area (Å²) in [4.78, 5) is 13.5. The zero-order valence-electron chi connectivity index (χ0n) is 20.6. The third-order valence-electron chi connectivity index (χ3n) is 5.89. The molecule has 176 valence electrons. The number of nitrogens with zero attached hydrogens (tertiary/aromatic N) is 3. The zero-order chi connectivity index (χ0) is 24.6. The van der Waals surface area contributed by atoms with E-state index in [0.717, 1.165) is 22.4 Å². The molecule has 1 N–H and O–H groups in total. The SMILES string of the molecule is Cc1cn(Cc2ccccc2)/c(=N/Br)n1CC(=O)c1cc(C(C)(C)C)c(O)c(C(C)(C)C)c1. The van der Waals surface area contributed by atoms with Crippen molar-refractivity contribution in [3.63, 3.8) is 0 Å². The third-order valence-corrected chi connectivity index (χ3v) is 6.20. The molecule has 5 nitrogen and oxygen atoms in total. The highest BCUT2D eigenvalue weighted by atomic mass is 79.9. The highest BCUT2D eigenvalue weighted by Gasteiger charge is 2.28. The summed E-state index contributed by atoms with van der Waals surface area (Å²) in [7, 11) is 0. The zero-order valence-corrected chi connectivity index (χ0v) is 22.2. The van der Waals surface area contributed by atoms with E-state index >= 15 is 0 Å². The first-order chi connectivity index (χ1) is 15.3. The predicted molar refractivity (Wildman–Crippen MR) is 137 cm³/mol. The molecule has 0 amide bonds. The second-order valence-corrected chi connectivity index (χ2v) is 11.1. The van der Waals surface area contributed by atoms with Crippen LogP contribution in [-0.4, -0.2) is 20.0 Å². The lowest BCUT2D eigenvalue weighted by Crippen LogP contribution is -2.29. The van der Waals surface area contributed by atoms with E-state index < -0.39 is 0 Å². The Morgan fingerprint density at radius 1 is 1.00 bits per heavy atom. The van der Waals surface area contributed by atoms with Crippen LogP contribution in [0.3, 0.4) is 0 Å². The van der Waals surface area contributed by atoms with E-state index in [-0.39, 0.29) is 28.9 Å². The second kappa shape index (κ2) is 9.34. The number of aryl methyl sites for hydroxylation is 1. The fourth-order valence-electron chi connectivity index (χ4n) is 4.03. The van der Waals surface area contributed by atoms with Crippen molar-refractivity contribution < 1.29 is 9.90 Å². The smallest absolute Gasteiger partial charge is 0.217 e. The molecule has 3 aromatic rings. The summed E-state index contributed by atoms with van der Waals surface area (Å²) >= 11 is 3.26. The molecule has 0 unspecified atom stereocenters. The average molecular weight is 512 g/mol. The number of halogens is 1.